The van der Waals surface area contributed by atoms with Gasteiger partial charge in [-0.3, -0.25) is 4.79 Å². The van der Waals surface area contributed by atoms with E-state index in [4.69, 9.17) is 9.47 Å². The standard InChI is InChI=1S/C30H51NO6/c1-6-20-24-16-19(32)10-13-30(24,5)23-11-14-29(4)21(8-9-22(29)26(23)27(20)34)18(3)12-15-37-28(35)31-17-25(33)36-7-2/h18-24,26-27,32,34H,6-17H2,1-5H3,(H,31,35)/t18-,19-,20-,21-,22+,23+,24+,26+,27-,29-,30-/m1/s1. The van der Waals surface area contributed by atoms with Crippen molar-refractivity contribution < 1.29 is 29.3 Å². The first-order valence-electron chi connectivity index (χ1n) is 15.0. The summed E-state index contributed by atoms with van der Waals surface area (Å²) in [6, 6.07) is 0. The number of amides is 1. The Morgan fingerprint density at radius 2 is 1.68 bits per heavy atom. The van der Waals surface area contributed by atoms with E-state index < -0.39 is 12.1 Å². The summed E-state index contributed by atoms with van der Waals surface area (Å²) < 4.78 is 10.2. The van der Waals surface area contributed by atoms with Gasteiger partial charge in [-0.05, 0) is 111 Å². The first kappa shape index (κ1) is 28.7. The summed E-state index contributed by atoms with van der Waals surface area (Å²) in [4.78, 5) is 23.4. The zero-order valence-electron chi connectivity index (χ0n) is 23.7. The summed E-state index contributed by atoms with van der Waals surface area (Å²) >= 11 is 0. The van der Waals surface area contributed by atoms with E-state index in [9.17, 15) is 19.8 Å². The third-order valence-corrected chi connectivity index (χ3v) is 11.6. The highest BCUT2D eigenvalue weighted by Gasteiger charge is 2.64. The van der Waals surface area contributed by atoms with Crippen LogP contribution in [-0.2, 0) is 14.3 Å². The van der Waals surface area contributed by atoms with Crippen LogP contribution in [0.5, 0.6) is 0 Å². The number of alkyl carbamates (subject to hydrolysis) is 1. The van der Waals surface area contributed by atoms with Crippen LogP contribution in [0.4, 0.5) is 4.79 Å². The Morgan fingerprint density at radius 1 is 0.973 bits per heavy atom. The highest BCUT2D eigenvalue weighted by Crippen LogP contribution is 2.69. The van der Waals surface area contributed by atoms with Gasteiger partial charge in [-0.25, -0.2) is 4.79 Å². The molecule has 4 rings (SSSR count). The van der Waals surface area contributed by atoms with Crippen molar-refractivity contribution in [2.75, 3.05) is 19.8 Å². The van der Waals surface area contributed by atoms with Gasteiger partial charge in [0, 0.05) is 0 Å². The molecular weight excluding hydrogens is 470 g/mol. The van der Waals surface area contributed by atoms with Crippen LogP contribution < -0.4 is 5.32 Å². The number of rotatable bonds is 8. The molecule has 4 aliphatic rings. The van der Waals surface area contributed by atoms with Gasteiger partial charge in [-0.2, -0.15) is 0 Å². The van der Waals surface area contributed by atoms with Crippen molar-refractivity contribution in [2.24, 2.45) is 52.3 Å². The van der Waals surface area contributed by atoms with Crippen LogP contribution in [0.3, 0.4) is 0 Å². The molecule has 37 heavy (non-hydrogen) atoms. The number of aliphatic hydroxyl groups excluding tert-OH is 2. The van der Waals surface area contributed by atoms with Crippen molar-refractivity contribution in [1.29, 1.82) is 0 Å². The van der Waals surface area contributed by atoms with Gasteiger partial charge in [0.25, 0.3) is 0 Å². The van der Waals surface area contributed by atoms with Gasteiger partial charge in [0.15, 0.2) is 0 Å². The molecule has 0 heterocycles. The average Bonchev–Trinajstić information content (AvgIpc) is 3.21. The number of fused-ring (bicyclic) bond motifs is 5. The normalized spacial score (nSPS) is 43.6. The Labute approximate surface area is 223 Å². The molecule has 0 aromatic heterocycles. The lowest BCUT2D eigenvalue weighted by Gasteiger charge is -2.64. The summed E-state index contributed by atoms with van der Waals surface area (Å²) in [6.45, 7) is 11.6. The maximum Gasteiger partial charge on any atom is 0.407 e. The minimum Gasteiger partial charge on any atom is -0.465 e. The maximum absolute atomic E-state index is 12.0. The molecule has 0 saturated heterocycles. The first-order valence-corrected chi connectivity index (χ1v) is 15.0. The summed E-state index contributed by atoms with van der Waals surface area (Å²) in [5.74, 6) is 2.63. The van der Waals surface area contributed by atoms with Gasteiger partial charge in [0.05, 0.1) is 25.4 Å². The van der Waals surface area contributed by atoms with E-state index in [1.807, 2.05) is 0 Å². The number of nitrogens with one attached hydrogen (secondary N) is 1. The smallest absolute Gasteiger partial charge is 0.407 e. The molecule has 7 heteroatoms. The van der Waals surface area contributed by atoms with E-state index in [0.717, 1.165) is 32.1 Å². The van der Waals surface area contributed by atoms with Crippen molar-refractivity contribution in [3.63, 3.8) is 0 Å². The quantitative estimate of drug-likeness (QED) is 0.391. The lowest BCUT2D eigenvalue weighted by molar-refractivity contribution is -0.203. The fourth-order valence-corrected chi connectivity index (χ4v) is 9.88. The Balaban J connectivity index is 1.39. The van der Waals surface area contributed by atoms with Crippen LogP contribution in [0, 0.1) is 52.3 Å². The maximum atomic E-state index is 12.0. The molecule has 212 valence electrons. The number of esters is 1. The lowest BCUT2D eigenvalue weighted by Crippen LogP contribution is -2.62. The van der Waals surface area contributed by atoms with Crippen LogP contribution >= 0.6 is 0 Å². The van der Waals surface area contributed by atoms with Crippen molar-refractivity contribution in [3.05, 3.63) is 0 Å². The molecule has 1 amide bonds. The average molecular weight is 522 g/mol. The number of carbonyl (C=O) groups excluding carboxylic acids is 2. The van der Waals surface area contributed by atoms with Gasteiger partial charge in [0.2, 0.25) is 0 Å². The topological polar surface area (TPSA) is 105 Å². The summed E-state index contributed by atoms with van der Waals surface area (Å²) in [5, 5.41) is 24.8. The molecule has 0 bridgehead atoms. The molecule has 4 aliphatic carbocycles. The Kier molecular flexibility index (Phi) is 8.84. The summed E-state index contributed by atoms with van der Waals surface area (Å²) in [6.07, 6.45) is 8.26. The van der Waals surface area contributed by atoms with Crippen LogP contribution in [-0.4, -0.2) is 54.2 Å². The van der Waals surface area contributed by atoms with Crippen LogP contribution in [0.1, 0.15) is 92.4 Å². The second-order valence-corrected chi connectivity index (χ2v) is 13.2. The Morgan fingerprint density at radius 3 is 2.38 bits per heavy atom. The molecule has 0 aromatic rings. The van der Waals surface area contributed by atoms with Gasteiger partial charge in [0.1, 0.15) is 6.54 Å². The lowest BCUT2D eigenvalue weighted by atomic mass is 9.41. The second-order valence-electron chi connectivity index (χ2n) is 13.2. The number of hydrogen-bond donors (Lipinski definition) is 3. The molecule has 0 radical (unpaired) electrons. The van der Waals surface area contributed by atoms with E-state index in [0.29, 0.717) is 42.1 Å². The SMILES string of the molecule is CCOC(=O)CNC(=O)OCC[C@@H](C)[C@H]1CC[C@H]2[C@@H]3[C@H](O)[C@H](CC)[C@@H]4C[C@H](O)CC[C@]4(C)[C@H]3CC[C@]12C. The second kappa shape index (κ2) is 11.4. The van der Waals surface area contributed by atoms with E-state index in [1.165, 1.54) is 25.7 Å². The number of aliphatic hydroxyl groups is 2. The number of ether oxygens (including phenoxy) is 2. The molecule has 7 nitrogen and oxygen atoms in total. The van der Waals surface area contributed by atoms with E-state index in [-0.39, 0.29) is 42.1 Å². The zero-order valence-corrected chi connectivity index (χ0v) is 23.7. The van der Waals surface area contributed by atoms with E-state index >= 15 is 0 Å². The highest BCUT2D eigenvalue weighted by molar-refractivity contribution is 5.77. The minimum absolute atomic E-state index is 0.174. The zero-order chi connectivity index (χ0) is 27.0. The minimum atomic E-state index is -0.576. The Bertz CT molecular complexity index is 820. The fourth-order valence-electron chi connectivity index (χ4n) is 9.88. The van der Waals surface area contributed by atoms with Gasteiger partial charge in [-0.1, -0.05) is 34.1 Å². The van der Waals surface area contributed by atoms with Gasteiger partial charge < -0.3 is 25.0 Å². The van der Waals surface area contributed by atoms with Crippen LogP contribution in [0.15, 0.2) is 0 Å². The summed E-state index contributed by atoms with van der Waals surface area (Å²) in [5.41, 5.74) is 0.420. The monoisotopic (exact) mass is 521 g/mol. The van der Waals surface area contributed by atoms with Crippen LogP contribution in [0.2, 0.25) is 0 Å². The predicted molar refractivity (Wildman–Crippen MR) is 142 cm³/mol. The molecular formula is C30H51NO6. The molecule has 4 saturated carbocycles. The molecule has 0 aromatic carbocycles. The predicted octanol–water partition coefficient (Wildman–Crippen LogP) is 4.93. The van der Waals surface area contributed by atoms with Crippen molar-refractivity contribution in [2.45, 2.75) is 105 Å². The summed E-state index contributed by atoms with van der Waals surface area (Å²) in [7, 11) is 0. The third-order valence-electron chi connectivity index (χ3n) is 11.6. The molecule has 0 aliphatic heterocycles. The van der Waals surface area contributed by atoms with E-state index in [2.05, 4.69) is 33.0 Å². The van der Waals surface area contributed by atoms with E-state index in [1.54, 1.807) is 6.92 Å². The van der Waals surface area contributed by atoms with Crippen molar-refractivity contribution >= 4 is 12.1 Å². The molecule has 4 fully saturated rings. The molecule has 0 spiro atoms. The fraction of sp³-hybridized carbons (Fsp3) is 0.933. The van der Waals surface area contributed by atoms with Gasteiger partial charge >= 0.3 is 12.1 Å². The largest absolute Gasteiger partial charge is 0.465 e. The number of hydrogen-bond acceptors (Lipinski definition) is 6. The van der Waals surface area contributed by atoms with Crippen LogP contribution in [0.25, 0.3) is 0 Å². The van der Waals surface area contributed by atoms with Crippen molar-refractivity contribution in [1.82, 2.24) is 5.32 Å². The molecule has 11 atom stereocenters. The Hall–Kier alpha value is -1.34. The molecule has 0 unspecified atom stereocenters. The van der Waals surface area contributed by atoms with Crippen molar-refractivity contribution in [3.8, 4) is 0 Å². The third kappa shape index (κ3) is 5.28. The first-order chi connectivity index (χ1) is 17.6. The van der Waals surface area contributed by atoms with Gasteiger partial charge in [-0.15, -0.1) is 0 Å². The number of carbonyl (C=O) groups is 2. The highest BCUT2D eigenvalue weighted by atomic mass is 16.6. The molecule has 3 N–H and O–H groups in total.